The van der Waals surface area contributed by atoms with Crippen molar-refractivity contribution in [2.75, 3.05) is 37.6 Å². The number of rotatable bonds is 5. The van der Waals surface area contributed by atoms with Gasteiger partial charge >= 0.3 is 0 Å². The third-order valence-corrected chi connectivity index (χ3v) is 5.97. The van der Waals surface area contributed by atoms with Gasteiger partial charge in [0.1, 0.15) is 5.82 Å². The number of carbonyl (C=O) groups excluding carboxylic acids is 1. The molecule has 2 unspecified atom stereocenters. The zero-order chi connectivity index (χ0) is 20.8. The van der Waals surface area contributed by atoms with Gasteiger partial charge in [0.05, 0.1) is 6.54 Å². The number of amides is 1. The number of guanidine groups is 1. The lowest BCUT2D eigenvalue weighted by Gasteiger charge is -2.37. The first-order valence-corrected chi connectivity index (χ1v) is 11.0. The summed E-state index contributed by atoms with van der Waals surface area (Å²) in [6.45, 7) is 11.9. The zero-order valence-electron chi connectivity index (χ0n) is 18.5. The summed E-state index contributed by atoms with van der Waals surface area (Å²) in [4.78, 5) is 25.7. The molecule has 1 amide bonds. The number of aromatic nitrogens is 1. The fraction of sp³-hybridized carbons (Fsp3) is 0.682. The fourth-order valence-corrected chi connectivity index (χ4v) is 4.64. The Kier molecular flexibility index (Phi) is 9.64. The first-order valence-electron chi connectivity index (χ1n) is 11.0. The lowest BCUT2D eigenvalue weighted by Crippen LogP contribution is -2.48. The van der Waals surface area contributed by atoms with Gasteiger partial charge in [0.2, 0.25) is 5.91 Å². The maximum atomic E-state index is 11.5. The number of anilines is 1. The normalized spacial score (nSPS) is 23.1. The van der Waals surface area contributed by atoms with Gasteiger partial charge in [-0.3, -0.25) is 4.79 Å². The highest BCUT2D eigenvalue weighted by Gasteiger charge is 2.26. The van der Waals surface area contributed by atoms with Crippen molar-refractivity contribution >= 4 is 41.7 Å². The summed E-state index contributed by atoms with van der Waals surface area (Å²) >= 11 is 0. The molecule has 168 valence electrons. The van der Waals surface area contributed by atoms with E-state index < -0.39 is 0 Å². The average Bonchev–Trinajstić information content (AvgIpc) is 2.70. The first kappa shape index (κ1) is 24.7. The minimum Gasteiger partial charge on any atom is -0.369 e. The Balaban J connectivity index is 0.00000320. The third kappa shape index (κ3) is 6.46. The van der Waals surface area contributed by atoms with Gasteiger partial charge in [-0.05, 0) is 44.1 Å². The van der Waals surface area contributed by atoms with E-state index in [9.17, 15) is 4.79 Å². The average molecular weight is 528 g/mol. The highest BCUT2D eigenvalue weighted by atomic mass is 127. The second-order valence-corrected chi connectivity index (χ2v) is 8.67. The topological polar surface area (TPSA) is 86.9 Å². The lowest BCUT2D eigenvalue weighted by molar-refractivity contribution is -0.122. The molecule has 30 heavy (non-hydrogen) atoms. The van der Waals surface area contributed by atoms with Crippen LogP contribution in [0.5, 0.6) is 0 Å². The lowest BCUT2D eigenvalue weighted by atomic mass is 9.92. The number of likely N-dealkylation sites (tertiary alicyclic amines) is 1. The molecule has 0 aromatic carbocycles. The number of aliphatic imine (C=N–C) groups is 1. The Labute approximate surface area is 197 Å². The molecule has 3 heterocycles. The van der Waals surface area contributed by atoms with Crippen LogP contribution in [0.15, 0.2) is 23.3 Å². The van der Waals surface area contributed by atoms with E-state index in [4.69, 9.17) is 10.7 Å². The fourth-order valence-electron chi connectivity index (χ4n) is 4.64. The van der Waals surface area contributed by atoms with Gasteiger partial charge in [-0.25, -0.2) is 9.98 Å². The molecule has 7 nitrogen and oxygen atoms in total. The van der Waals surface area contributed by atoms with Crippen LogP contribution >= 0.6 is 24.0 Å². The van der Waals surface area contributed by atoms with Crippen LogP contribution < -0.4 is 16.0 Å². The van der Waals surface area contributed by atoms with Gasteiger partial charge in [0.15, 0.2) is 5.96 Å². The van der Waals surface area contributed by atoms with E-state index in [1.807, 2.05) is 12.3 Å². The summed E-state index contributed by atoms with van der Waals surface area (Å²) in [6, 6.07) is 4.08. The van der Waals surface area contributed by atoms with Crippen molar-refractivity contribution in [3.63, 3.8) is 0 Å². The molecule has 1 aromatic heterocycles. The molecule has 0 saturated carbocycles. The highest BCUT2D eigenvalue weighted by Crippen LogP contribution is 2.25. The maximum Gasteiger partial charge on any atom is 0.220 e. The highest BCUT2D eigenvalue weighted by molar-refractivity contribution is 14.0. The molecular formula is C22H37IN6O. The molecule has 2 atom stereocenters. The van der Waals surface area contributed by atoms with Crippen molar-refractivity contribution in [3.8, 4) is 0 Å². The molecule has 0 bridgehead atoms. The van der Waals surface area contributed by atoms with Gasteiger partial charge in [0.25, 0.3) is 0 Å². The smallest absolute Gasteiger partial charge is 0.220 e. The maximum absolute atomic E-state index is 11.5. The monoisotopic (exact) mass is 528 g/mol. The molecule has 2 saturated heterocycles. The molecule has 3 N–H and O–H groups in total. The number of carbonyl (C=O) groups is 1. The van der Waals surface area contributed by atoms with Crippen LogP contribution in [0.3, 0.4) is 0 Å². The van der Waals surface area contributed by atoms with E-state index in [2.05, 4.69) is 46.9 Å². The van der Waals surface area contributed by atoms with E-state index in [0.717, 1.165) is 62.9 Å². The van der Waals surface area contributed by atoms with Crippen LogP contribution in [0, 0.1) is 17.8 Å². The summed E-state index contributed by atoms with van der Waals surface area (Å²) in [7, 11) is 0. The predicted molar refractivity (Wildman–Crippen MR) is 133 cm³/mol. The molecule has 0 aliphatic carbocycles. The number of nitrogens with one attached hydrogen (secondary N) is 1. The van der Waals surface area contributed by atoms with Gasteiger partial charge in [-0.2, -0.15) is 0 Å². The minimum atomic E-state index is -0.184. The summed E-state index contributed by atoms with van der Waals surface area (Å²) in [5.41, 5.74) is 6.60. The summed E-state index contributed by atoms with van der Waals surface area (Å²) < 4.78 is 0. The minimum absolute atomic E-state index is 0. The molecule has 2 fully saturated rings. The van der Waals surface area contributed by atoms with E-state index in [1.165, 1.54) is 6.42 Å². The molecule has 8 heteroatoms. The Morgan fingerprint density at radius 3 is 2.53 bits per heavy atom. The van der Waals surface area contributed by atoms with Gasteiger partial charge < -0.3 is 20.9 Å². The largest absolute Gasteiger partial charge is 0.369 e. The molecule has 3 rings (SSSR count). The van der Waals surface area contributed by atoms with E-state index in [-0.39, 0.29) is 35.8 Å². The van der Waals surface area contributed by atoms with E-state index in [1.54, 1.807) is 0 Å². The van der Waals surface area contributed by atoms with Gasteiger partial charge in [0, 0.05) is 50.4 Å². The van der Waals surface area contributed by atoms with Crippen LogP contribution in [0.4, 0.5) is 5.82 Å². The van der Waals surface area contributed by atoms with E-state index in [0.29, 0.717) is 18.4 Å². The number of primary amides is 1. The predicted octanol–water partition coefficient (Wildman–Crippen LogP) is 2.84. The second-order valence-electron chi connectivity index (χ2n) is 8.67. The standard InChI is InChI=1S/C22H36N6O.HI/c1-4-24-22(28-14-16(2)12-17(3)15-28)26-13-19-6-5-9-25-21(19)27-10-7-18(8-11-27)20(23)29;/h5-6,9,16-18H,4,7-8,10-15H2,1-3H3,(H2,23,29)(H,24,26);1H. The number of hydrogen-bond donors (Lipinski definition) is 2. The van der Waals surface area contributed by atoms with Gasteiger partial charge in [-0.15, -0.1) is 24.0 Å². The number of nitrogens with zero attached hydrogens (tertiary/aromatic N) is 4. The quantitative estimate of drug-likeness (QED) is 0.349. The molecule has 1 aromatic rings. The zero-order valence-corrected chi connectivity index (χ0v) is 20.8. The van der Waals surface area contributed by atoms with Crippen LogP contribution in [-0.4, -0.2) is 54.5 Å². The molecule has 2 aliphatic rings. The Morgan fingerprint density at radius 2 is 1.93 bits per heavy atom. The van der Waals surface area contributed by atoms with Crippen molar-refractivity contribution in [1.29, 1.82) is 0 Å². The van der Waals surface area contributed by atoms with Crippen LogP contribution in [0.25, 0.3) is 0 Å². The number of pyridine rings is 1. The number of halogens is 1. The number of hydrogen-bond acceptors (Lipinski definition) is 4. The number of piperidine rings is 2. The van der Waals surface area contributed by atoms with Crippen LogP contribution in [0.1, 0.15) is 45.6 Å². The Bertz CT molecular complexity index is 709. The van der Waals surface area contributed by atoms with Crippen molar-refractivity contribution in [3.05, 3.63) is 23.9 Å². The Morgan fingerprint density at radius 1 is 1.27 bits per heavy atom. The van der Waals surface area contributed by atoms with E-state index >= 15 is 0 Å². The van der Waals surface area contributed by atoms with Crippen LogP contribution in [0.2, 0.25) is 0 Å². The first-order chi connectivity index (χ1) is 14.0. The third-order valence-electron chi connectivity index (χ3n) is 5.97. The Hall–Kier alpha value is -1.58. The molecule has 2 aliphatic heterocycles. The van der Waals surface area contributed by atoms with Gasteiger partial charge in [-0.1, -0.05) is 19.9 Å². The van der Waals surface area contributed by atoms with Crippen molar-refractivity contribution in [1.82, 2.24) is 15.2 Å². The second kappa shape index (κ2) is 11.7. The van der Waals surface area contributed by atoms with Crippen LogP contribution in [-0.2, 0) is 11.3 Å². The summed E-state index contributed by atoms with van der Waals surface area (Å²) in [6.07, 6.45) is 4.70. The SMILES string of the molecule is CCNC(=NCc1cccnc1N1CCC(C(N)=O)CC1)N1CC(C)CC(C)C1.I. The summed E-state index contributed by atoms with van der Waals surface area (Å²) in [5.74, 6) is 3.14. The molecular weight excluding hydrogens is 491 g/mol. The van der Waals surface area contributed by atoms with Crippen molar-refractivity contribution in [2.45, 2.75) is 46.6 Å². The summed E-state index contributed by atoms with van der Waals surface area (Å²) in [5, 5.41) is 3.47. The molecule has 0 spiro atoms. The van der Waals surface area contributed by atoms with Crippen molar-refractivity contribution in [2.24, 2.45) is 28.5 Å². The number of nitrogens with two attached hydrogens (primary N) is 1. The van der Waals surface area contributed by atoms with Crippen molar-refractivity contribution < 1.29 is 4.79 Å². The molecule has 0 radical (unpaired) electrons.